The second kappa shape index (κ2) is 8.09. The summed E-state index contributed by atoms with van der Waals surface area (Å²) < 4.78 is 5.56. The predicted molar refractivity (Wildman–Crippen MR) is 104 cm³/mol. The van der Waals surface area contributed by atoms with E-state index >= 15 is 0 Å². The van der Waals surface area contributed by atoms with E-state index in [1.165, 1.54) is 37.8 Å². The van der Waals surface area contributed by atoms with Crippen molar-refractivity contribution >= 4 is 5.96 Å². The third-order valence-electron chi connectivity index (χ3n) is 5.76. The molecule has 1 saturated carbocycles. The third-order valence-corrected chi connectivity index (χ3v) is 5.76. The second-order valence-electron chi connectivity index (χ2n) is 7.21. The van der Waals surface area contributed by atoms with Crippen molar-refractivity contribution in [3.05, 3.63) is 29.8 Å². The molecule has 0 bridgehead atoms. The lowest BCUT2D eigenvalue weighted by atomic mass is 9.95. The van der Waals surface area contributed by atoms with Crippen molar-refractivity contribution in [2.75, 3.05) is 40.3 Å². The number of aliphatic imine (C=N–C) groups is 1. The van der Waals surface area contributed by atoms with Gasteiger partial charge in [0.05, 0.1) is 7.11 Å². The highest BCUT2D eigenvalue weighted by Crippen LogP contribution is 2.50. The van der Waals surface area contributed by atoms with E-state index in [-0.39, 0.29) is 5.41 Å². The van der Waals surface area contributed by atoms with Gasteiger partial charge in [0.1, 0.15) is 5.75 Å². The van der Waals surface area contributed by atoms with E-state index in [0.29, 0.717) is 6.04 Å². The third kappa shape index (κ3) is 4.09. The minimum atomic E-state index is 0.188. The first-order chi connectivity index (χ1) is 12.2. The molecule has 1 aromatic rings. The van der Waals surface area contributed by atoms with E-state index in [1.807, 2.05) is 13.1 Å². The maximum atomic E-state index is 5.56. The zero-order valence-electron chi connectivity index (χ0n) is 15.8. The van der Waals surface area contributed by atoms with Gasteiger partial charge in [-0.1, -0.05) is 25.1 Å². The number of ether oxygens (including phenoxy) is 1. The fourth-order valence-electron chi connectivity index (χ4n) is 4.01. The van der Waals surface area contributed by atoms with Crippen molar-refractivity contribution in [2.24, 2.45) is 4.99 Å². The summed E-state index contributed by atoms with van der Waals surface area (Å²) in [5.74, 6) is 1.90. The number of rotatable bonds is 7. The molecular weight excluding hydrogens is 312 g/mol. The number of hydrogen-bond donors (Lipinski definition) is 2. The summed E-state index contributed by atoms with van der Waals surface area (Å²) in [6.07, 6.45) is 4.99. The van der Waals surface area contributed by atoms with Gasteiger partial charge in [0.2, 0.25) is 0 Å². The average Bonchev–Trinajstić information content (AvgIpc) is 3.31. The highest BCUT2D eigenvalue weighted by molar-refractivity contribution is 5.79. The average molecular weight is 345 g/mol. The summed E-state index contributed by atoms with van der Waals surface area (Å²) >= 11 is 0. The summed E-state index contributed by atoms with van der Waals surface area (Å²) in [5, 5.41) is 7.07. The molecule has 3 rings (SSSR count). The SMILES string of the molecule is CCN1CCCC1CNC(=NC)NCC1(c2ccccc2OC)CC1. The summed E-state index contributed by atoms with van der Waals surface area (Å²) in [6.45, 7) is 6.47. The van der Waals surface area contributed by atoms with Gasteiger partial charge in [0.15, 0.2) is 5.96 Å². The van der Waals surface area contributed by atoms with Crippen LogP contribution in [0, 0.1) is 0 Å². The van der Waals surface area contributed by atoms with Crippen molar-refractivity contribution in [1.82, 2.24) is 15.5 Å². The first kappa shape index (κ1) is 18.1. The van der Waals surface area contributed by atoms with Gasteiger partial charge < -0.3 is 15.4 Å². The molecule has 1 atom stereocenters. The van der Waals surface area contributed by atoms with Crippen molar-refractivity contribution in [3.8, 4) is 5.75 Å². The van der Waals surface area contributed by atoms with E-state index in [1.54, 1.807) is 7.11 Å². The monoisotopic (exact) mass is 344 g/mol. The lowest BCUT2D eigenvalue weighted by molar-refractivity contribution is 0.267. The minimum absolute atomic E-state index is 0.188. The number of guanidine groups is 1. The van der Waals surface area contributed by atoms with Crippen LogP contribution < -0.4 is 15.4 Å². The summed E-state index contributed by atoms with van der Waals surface area (Å²) in [6, 6.07) is 9.02. The zero-order valence-corrected chi connectivity index (χ0v) is 15.8. The number of likely N-dealkylation sites (N-methyl/N-ethyl adjacent to an activating group) is 1. The van der Waals surface area contributed by atoms with Crippen LogP contribution >= 0.6 is 0 Å². The van der Waals surface area contributed by atoms with Crippen LogP contribution in [0.25, 0.3) is 0 Å². The van der Waals surface area contributed by atoms with E-state index in [0.717, 1.165) is 31.3 Å². The van der Waals surface area contributed by atoms with Crippen LogP contribution in [0.4, 0.5) is 0 Å². The van der Waals surface area contributed by atoms with Gasteiger partial charge in [-0.05, 0) is 44.8 Å². The molecule has 0 spiro atoms. The maximum Gasteiger partial charge on any atom is 0.191 e. The quantitative estimate of drug-likeness (QED) is 0.589. The Kier molecular flexibility index (Phi) is 5.84. The van der Waals surface area contributed by atoms with Crippen LogP contribution in [0.3, 0.4) is 0 Å². The Bertz CT molecular complexity index is 597. The van der Waals surface area contributed by atoms with Crippen molar-refractivity contribution < 1.29 is 4.74 Å². The van der Waals surface area contributed by atoms with Gasteiger partial charge in [-0.3, -0.25) is 9.89 Å². The Balaban J connectivity index is 1.54. The lowest BCUT2D eigenvalue weighted by Crippen LogP contribution is -2.46. The van der Waals surface area contributed by atoms with Crippen LogP contribution in [-0.4, -0.2) is 57.2 Å². The molecule has 0 amide bonds. The van der Waals surface area contributed by atoms with Crippen molar-refractivity contribution in [1.29, 1.82) is 0 Å². The molecule has 2 fully saturated rings. The van der Waals surface area contributed by atoms with Crippen LogP contribution in [0.2, 0.25) is 0 Å². The number of nitrogens with zero attached hydrogens (tertiary/aromatic N) is 2. The zero-order chi connectivity index (χ0) is 17.7. The number of nitrogens with one attached hydrogen (secondary N) is 2. The van der Waals surface area contributed by atoms with Gasteiger partial charge in [-0.15, -0.1) is 0 Å². The molecule has 1 aliphatic heterocycles. The topological polar surface area (TPSA) is 48.9 Å². The molecular formula is C20H32N4O. The van der Waals surface area contributed by atoms with Gasteiger partial charge in [-0.25, -0.2) is 0 Å². The van der Waals surface area contributed by atoms with E-state index in [2.05, 4.69) is 45.6 Å². The standard InChI is InChI=1S/C20H32N4O/c1-4-24-13-7-8-16(24)14-22-19(21-2)23-15-20(11-12-20)17-9-5-6-10-18(17)25-3/h5-6,9-10,16H,4,7-8,11-15H2,1-3H3,(H2,21,22,23). The number of likely N-dealkylation sites (tertiary alicyclic amines) is 1. The molecule has 1 heterocycles. The molecule has 25 heavy (non-hydrogen) atoms. The fourth-order valence-corrected chi connectivity index (χ4v) is 4.01. The molecule has 0 aromatic heterocycles. The molecule has 1 unspecified atom stereocenters. The normalized spacial score (nSPS) is 22.7. The number of benzene rings is 1. The molecule has 1 saturated heterocycles. The molecule has 0 radical (unpaired) electrons. The molecule has 2 N–H and O–H groups in total. The van der Waals surface area contributed by atoms with E-state index < -0.39 is 0 Å². The van der Waals surface area contributed by atoms with Crippen LogP contribution in [0.15, 0.2) is 29.3 Å². The van der Waals surface area contributed by atoms with Crippen molar-refractivity contribution in [3.63, 3.8) is 0 Å². The van der Waals surface area contributed by atoms with Crippen LogP contribution in [0.5, 0.6) is 5.75 Å². The number of para-hydroxylation sites is 1. The Morgan fingerprint density at radius 2 is 2.12 bits per heavy atom. The molecule has 2 aliphatic rings. The van der Waals surface area contributed by atoms with E-state index in [4.69, 9.17) is 4.74 Å². The molecule has 1 aromatic carbocycles. The highest BCUT2D eigenvalue weighted by atomic mass is 16.5. The predicted octanol–water partition coefficient (Wildman–Crippen LogP) is 2.38. The first-order valence-corrected chi connectivity index (χ1v) is 9.54. The molecule has 5 heteroatoms. The molecule has 1 aliphatic carbocycles. The van der Waals surface area contributed by atoms with Gasteiger partial charge >= 0.3 is 0 Å². The summed E-state index contributed by atoms with van der Waals surface area (Å²) in [7, 11) is 3.61. The van der Waals surface area contributed by atoms with Crippen LogP contribution in [-0.2, 0) is 5.41 Å². The number of hydrogen-bond acceptors (Lipinski definition) is 3. The molecule has 5 nitrogen and oxygen atoms in total. The number of methoxy groups -OCH3 is 1. The Hall–Kier alpha value is -1.75. The van der Waals surface area contributed by atoms with Crippen LogP contribution in [0.1, 0.15) is 38.2 Å². The highest BCUT2D eigenvalue weighted by Gasteiger charge is 2.46. The minimum Gasteiger partial charge on any atom is -0.496 e. The van der Waals surface area contributed by atoms with E-state index in [9.17, 15) is 0 Å². The van der Waals surface area contributed by atoms with Gasteiger partial charge in [-0.2, -0.15) is 0 Å². The lowest BCUT2D eigenvalue weighted by Gasteiger charge is -2.25. The Labute approximate surface area is 151 Å². The largest absolute Gasteiger partial charge is 0.496 e. The fraction of sp³-hybridized carbons (Fsp3) is 0.650. The Morgan fingerprint density at radius 1 is 1.32 bits per heavy atom. The Morgan fingerprint density at radius 3 is 2.80 bits per heavy atom. The smallest absolute Gasteiger partial charge is 0.191 e. The second-order valence-corrected chi connectivity index (χ2v) is 7.21. The van der Waals surface area contributed by atoms with Crippen molar-refractivity contribution in [2.45, 2.75) is 44.1 Å². The van der Waals surface area contributed by atoms with Gasteiger partial charge in [0, 0.05) is 37.2 Å². The van der Waals surface area contributed by atoms with Gasteiger partial charge in [0.25, 0.3) is 0 Å². The summed E-state index contributed by atoms with van der Waals surface area (Å²) in [5.41, 5.74) is 1.50. The maximum absolute atomic E-state index is 5.56. The summed E-state index contributed by atoms with van der Waals surface area (Å²) in [4.78, 5) is 6.96. The molecule has 138 valence electrons. The first-order valence-electron chi connectivity index (χ1n) is 9.54.